The van der Waals surface area contributed by atoms with Crippen LogP contribution in [0.2, 0.25) is 5.02 Å². The second-order valence-corrected chi connectivity index (χ2v) is 6.43. The lowest BCUT2D eigenvalue weighted by atomic mass is 10.1. The zero-order valence-electron chi connectivity index (χ0n) is 14.3. The highest BCUT2D eigenvalue weighted by molar-refractivity contribution is 6.30. The first-order valence-corrected chi connectivity index (χ1v) is 8.75. The molecule has 6 nitrogen and oxygen atoms in total. The normalized spacial score (nSPS) is 10.7. The van der Waals surface area contributed by atoms with Crippen LogP contribution in [0.25, 0.3) is 11.3 Å². The smallest absolute Gasteiger partial charge is 0.274 e. The highest BCUT2D eigenvalue weighted by Gasteiger charge is 2.14. The van der Waals surface area contributed by atoms with E-state index in [0.29, 0.717) is 28.8 Å². The number of aromatic nitrogens is 4. The van der Waals surface area contributed by atoms with Gasteiger partial charge in [-0.25, -0.2) is 4.68 Å². The van der Waals surface area contributed by atoms with E-state index in [0.717, 1.165) is 11.1 Å². The number of anilines is 1. The minimum Gasteiger partial charge on any atom is -0.305 e. The van der Waals surface area contributed by atoms with Crippen molar-refractivity contribution in [3.05, 3.63) is 89.2 Å². The number of H-pyrrole nitrogens is 1. The van der Waals surface area contributed by atoms with Crippen molar-refractivity contribution < 1.29 is 4.79 Å². The number of rotatable bonds is 5. The Morgan fingerprint density at radius 3 is 2.74 bits per heavy atom. The minimum atomic E-state index is -0.286. The van der Waals surface area contributed by atoms with E-state index in [1.807, 2.05) is 42.5 Å². The highest BCUT2D eigenvalue weighted by atomic mass is 35.5. The van der Waals surface area contributed by atoms with E-state index < -0.39 is 0 Å². The monoisotopic (exact) mass is 377 g/mol. The molecule has 4 aromatic rings. The molecular formula is C20H16ClN5O. The van der Waals surface area contributed by atoms with Gasteiger partial charge in [0, 0.05) is 16.7 Å². The van der Waals surface area contributed by atoms with Crippen LogP contribution in [0.5, 0.6) is 0 Å². The maximum atomic E-state index is 12.6. The van der Waals surface area contributed by atoms with Crippen LogP contribution >= 0.6 is 11.6 Å². The molecule has 0 saturated heterocycles. The van der Waals surface area contributed by atoms with Gasteiger partial charge in [0.25, 0.3) is 5.91 Å². The summed E-state index contributed by atoms with van der Waals surface area (Å²) in [7, 11) is 0. The fourth-order valence-electron chi connectivity index (χ4n) is 2.74. The van der Waals surface area contributed by atoms with Crippen molar-refractivity contribution in [2.75, 3.05) is 5.32 Å². The molecule has 0 spiro atoms. The van der Waals surface area contributed by atoms with Crippen molar-refractivity contribution in [1.82, 2.24) is 20.0 Å². The Hall–Kier alpha value is -3.38. The van der Waals surface area contributed by atoms with E-state index in [1.54, 1.807) is 35.1 Å². The van der Waals surface area contributed by atoms with Gasteiger partial charge < -0.3 is 5.32 Å². The SMILES string of the molecule is O=C(Nc1ccnn1Cc1ccccc1)c1cc(-c2cccc(Cl)c2)n[nH]1. The zero-order chi connectivity index (χ0) is 18.6. The lowest BCUT2D eigenvalue weighted by molar-refractivity contribution is 0.102. The number of nitrogens with zero attached hydrogens (tertiary/aromatic N) is 3. The molecular weight excluding hydrogens is 362 g/mol. The summed E-state index contributed by atoms with van der Waals surface area (Å²) in [5.41, 5.74) is 2.95. The summed E-state index contributed by atoms with van der Waals surface area (Å²) in [5.74, 6) is 0.327. The van der Waals surface area contributed by atoms with E-state index in [4.69, 9.17) is 11.6 Å². The first-order chi connectivity index (χ1) is 13.2. The third-order valence-electron chi connectivity index (χ3n) is 4.08. The number of carbonyl (C=O) groups is 1. The van der Waals surface area contributed by atoms with Gasteiger partial charge in [-0.15, -0.1) is 0 Å². The predicted octanol–water partition coefficient (Wildman–Crippen LogP) is 4.23. The Labute approximate surface area is 160 Å². The van der Waals surface area contributed by atoms with Crippen LogP contribution in [-0.4, -0.2) is 25.9 Å². The third kappa shape index (κ3) is 3.91. The van der Waals surface area contributed by atoms with E-state index in [1.165, 1.54) is 0 Å². The first-order valence-electron chi connectivity index (χ1n) is 8.37. The van der Waals surface area contributed by atoms with Gasteiger partial charge in [-0.3, -0.25) is 9.89 Å². The van der Waals surface area contributed by atoms with Crippen LogP contribution in [0, 0.1) is 0 Å². The highest BCUT2D eigenvalue weighted by Crippen LogP contribution is 2.21. The molecule has 0 bridgehead atoms. The van der Waals surface area contributed by atoms with Crippen LogP contribution in [-0.2, 0) is 6.54 Å². The number of amides is 1. The molecule has 2 aromatic carbocycles. The number of hydrogen-bond acceptors (Lipinski definition) is 3. The Morgan fingerprint density at radius 1 is 1.07 bits per heavy atom. The number of benzene rings is 2. The molecule has 0 unspecified atom stereocenters. The van der Waals surface area contributed by atoms with Crippen molar-refractivity contribution in [1.29, 1.82) is 0 Å². The van der Waals surface area contributed by atoms with Crippen LogP contribution in [0.15, 0.2) is 72.9 Å². The molecule has 0 saturated carbocycles. The molecule has 0 aliphatic rings. The summed E-state index contributed by atoms with van der Waals surface area (Å²) in [5, 5.41) is 14.7. The molecule has 2 N–H and O–H groups in total. The van der Waals surface area contributed by atoms with Crippen LogP contribution in [0.4, 0.5) is 5.82 Å². The molecule has 134 valence electrons. The van der Waals surface area contributed by atoms with E-state index in [-0.39, 0.29) is 5.91 Å². The zero-order valence-corrected chi connectivity index (χ0v) is 15.0. The Bertz CT molecular complexity index is 1070. The Morgan fingerprint density at radius 2 is 1.93 bits per heavy atom. The van der Waals surface area contributed by atoms with Gasteiger partial charge in [0.1, 0.15) is 11.5 Å². The molecule has 4 rings (SSSR count). The number of carbonyl (C=O) groups excluding carboxylic acids is 1. The van der Waals surface area contributed by atoms with Crippen molar-refractivity contribution in [2.45, 2.75) is 6.54 Å². The molecule has 7 heteroatoms. The van der Waals surface area contributed by atoms with Gasteiger partial charge in [-0.1, -0.05) is 54.1 Å². The van der Waals surface area contributed by atoms with Gasteiger partial charge in [-0.05, 0) is 23.8 Å². The second-order valence-electron chi connectivity index (χ2n) is 5.99. The van der Waals surface area contributed by atoms with Gasteiger partial charge in [-0.2, -0.15) is 10.2 Å². The quantitative estimate of drug-likeness (QED) is 0.546. The summed E-state index contributed by atoms with van der Waals surface area (Å²) in [4.78, 5) is 12.6. The van der Waals surface area contributed by atoms with Crippen molar-refractivity contribution in [2.24, 2.45) is 0 Å². The predicted molar refractivity (Wildman–Crippen MR) is 105 cm³/mol. The van der Waals surface area contributed by atoms with E-state index in [9.17, 15) is 4.79 Å². The second kappa shape index (κ2) is 7.47. The topological polar surface area (TPSA) is 75.6 Å². The fourth-order valence-corrected chi connectivity index (χ4v) is 2.93. The summed E-state index contributed by atoms with van der Waals surface area (Å²) in [6.45, 7) is 0.570. The Balaban J connectivity index is 1.50. The molecule has 2 aromatic heterocycles. The Kier molecular flexibility index (Phi) is 4.72. The van der Waals surface area contributed by atoms with E-state index >= 15 is 0 Å². The molecule has 0 aliphatic heterocycles. The lowest BCUT2D eigenvalue weighted by Gasteiger charge is -2.08. The van der Waals surface area contributed by atoms with Gasteiger partial charge in [0.05, 0.1) is 18.4 Å². The average Bonchev–Trinajstić information content (AvgIpc) is 3.33. The molecule has 1 amide bonds. The van der Waals surface area contributed by atoms with Crippen molar-refractivity contribution in [3.63, 3.8) is 0 Å². The van der Waals surface area contributed by atoms with Gasteiger partial charge >= 0.3 is 0 Å². The van der Waals surface area contributed by atoms with Gasteiger partial charge in [0.2, 0.25) is 0 Å². The molecule has 0 atom stereocenters. The van der Waals surface area contributed by atoms with Crippen LogP contribution < -0.4 is 5.32 Å². The summed E-state index contributed by atoms with van der Waals surface area (Å²) in [6, 6.07) is 20.7. The lowest BCUT2D eigenvalue weighted by Crippen LogP contribution is -2.16. The fraction of sp³-hybridized carbons (Fsp3) is 0.0500. The maximum Gasteiger partial charge on any atom is 0.274 e. The van der Waals surface area contributed by atoms with Crippen molar-refractivity contribution in [3.8, 4) is 11.3 Å². The van der Waals surface area contributed by atoms with Crippen LogP contribution in [0.1, 0.15) is 16.1 Å². The van der Waals surface area contributed by atoms with Gasteiger partial charge in [0.15, 0.2) is 0 Å². The third-order valence-corrected chi connectivity index (χ3v) is 4.31. The summed E-state index contributed by atoms with van der Waals surface area (Å²) in [6.07, 6.45) is 1.66. The first kappa shape index (κ1) is 17.1. The number of aromatic amines is 1. The summed E-state index contributed by atoms with van der Waals surface area (Å²) >= 11 is 6.02. The maximum absolute atomic E-state index is 12.6. The van der Waals surface area contributed by atoms with Crippen molar-refractivity contribution >= 4 is 23.3 Å². The molecule has 2 heterocycles. The standard InChI is InChI=1S/C20H16ClN5O/c21-16-8-4-7-15(11-16)17-12-18(25-24-17)20(27)23-19-9-10-22-26(19)13-14-5-2-1-3-6-14/h1-12H,13H2,(H,23,27)(H,24,25). The molecule has 0 aliphatic carbocycles. The largest absolute Gasteiger partial charge is 0.305 e. The minimum absolute atomic E-state index is 0.286. The number of nitrogens with one attached hydrogen (secondary N) is 2. The molecule has 0 fully saturated rings. The van der Waals surface area contributed by atoms with Crippen LogP contribution in [0.3, 0.4) is 0 Å². The number of halogens is 1. The summed E-state index contributed by atoms with van der Waals surface area (Å²) < 4.78 is 1.74. The number of hydrogen-bond donors (Lipinski definition) is 2. The van der Waals surface area contributed by atoms with E-state index in [2.05, 4.69) is 20.6 Å². The molecule has 27 heavy (non-hydrogen) atoms. The average molecular weight is 378 g/mol. The molecule has 0 radical (unpaired) electrons.